The van der Waals surface area contributed by atoms with Crippen LogP contribution in [0.3, 0.4) is 0 Å². The van der Waals surface area contributed by atoms with E-state index in [-0.39, 0.29) is 0 Å². The highest BCUT2D eigenvalue weighted by Crippen LogP contribution is 2.19. The molecule has 0 N–H and O–H groups in total. The summed E-state index contributed by atoms with van der Waals surface area (Å²) in [6.07, 6.45) is 10.6. The first-order valence-electron chi connectivity index (χ1n) is 3.66. The largest absolute Gasteiger partial charge is 0.115 e. The van der Waals surface area contributed by atoms with E-state index >= 15 is 0 Å². The van der Waals surface area contributed by atoms with Crippen molar-refractivity contribution in [2.45, 2.75) is 6.42 Å². The molecule has 1 aliphatic rings. The molecule has 1 aliphatic carbocycles. The fourth-order valence-electron chi connectivity index (χ4n) is 1.35. The quantitative estimate of drug-likeness (QED) is 0.485. The molecule has 0 saturated carbocycles. The summed E-state index contributed by atoms with van der Waals surface area (Å²) in [5.74, 6) is 2.63. The number of benzene rings is 1. The lowest BCUT2D eigenvalue weighted by atomic mass is 10.1. The highest BCUT2D eigenvalue weighted by molar-refractivity contribution is 5.61. The summed E-state index contributed by atoms with van der Waals surface area (Å²) < 4.78 is 0. The Morgan fingerprint density at radius 3 is 3.09 bits per heavy atom. The van der Waals surface area contributed by atoms with Gasteiger partial charge in [0, 0.05) is 5.56 Å². The predicted molar refractivity (Wildman–Crippen MR) is 47.1 cm³/mol. The fourth-order valence-corrected chi connectivity index (χ4v) is 1.35. The Hall–Kier alpha value is -1.48. The van der Waals surface area contributed by atoms with E-state index in [1.165, 1.54) is 11.1 Å². The summed E-state index contributed by atoms with van der Waals surface area (Å²) >= 11 is 0. The molecule has 0 nitrogen and oxygen atoms in total. The first-order valence-corrected chi connectivity index (χ1v) is 3.66. The topological polar surface area (TPSA) is 0 Å². The SMILES string of the molecule is C#Cc1ccc2c(c1)CC=C2. The molecule has 0 bridgehead atoms. The molecule has 0 fully saturated rings. The van der Waals surface area contributed by atoms with Gasteiger partial charge in [0.2, 0.25) is 0 Å². The van der Waals surface area contributed by atoms with Crippen molar-refractivity contribution in [2.75, 3.05) is 0 Å². The van der Waals surface area contributed by atoms with Gasteiger partial charge in [-0.15, -0.1) is 6.42 Å². The molecule has 0 heteroatoms. The standard InChI is InChI=1S/C11H8/c1-2-9-6-7-10-4-3-5-11(10)8-9/h1,3-4,6-8H,5H2. The minimum Gasteiger partial charge on any atom is -0.115 e. The van der Waals surface area contributed by atoms with Gasteiger partial charge in [-0.05, 0) is 29.7 Å². The molecule has 1 aromatic carbocycles. The average Bonchev–Trinajstić information content (AvgIpc) is 2.50. The maximum atomic E-state index is 5.27. The Morgan fingerprint density at radius 2 is 2.27 bits per heavy atom. The van der Waals surface area contributed by atoms with Crippen molar-refractivity contribution in [3.8, 4) is 12.3 Å². The zero-order chi connectivity index (χ0) is 7.68. The van der Waals surface area contributed by atoms with Crippen LogP contribution in [0.15, 0.2) is 24.3 Å². The van der Waals surface area contributed by atoms with Crippen molar-refractivity contribution in [3.63, 3.8) is 0 Å². The molecule has 2 rings (SSSR count). The number of hydrogen-bond acceptors (Lipinski definition) is 0. The van der Waals surface area contributed by atoms with Crippen molar-refractivity contribution >= 4 is 6.08 Å². The zero-order valence-electron chi connectivity index (χ0n) is 6.17. The van der Waals surface area contributed by atoms with Crippen LogP contribution in [-0.4, -0.2) is 0 Å². The Kier molecular flexibility index (Phi) is 1.30. The lowest BCUT2D eigenvalue weighted by Gasteiger charge is -1.97. The maximum absolute atomic E-state index is 5.27. The fraction of sp³-hybridized carbons (Fsp3) is 0.0909. The highest BCUT2D eigenvalue weighted by atomic mass is 14.1. The van der Waals surface area contributed by atoms with Crippen LogP contribution in [-0.2, 0) is 6.42 Å². The van der Waals surface area contributed by atoms with Gasteiger partial charge in [0.15, 0.2) is 0 Å². The maximum Gasteiger partial charge on any atom is 0.0245 e. The molecule has 0 aliphatic heterocycles. The first kappa shape index (κ1) is 6.24. The Balaban J connectivity index is 2.56. The Morgan fingerprint density at radius 1 is 1.36 bits per heavy atom. The van der Waals surface area contributed by atoms with Crippen LogP contribution in [0.25, 0.3) is 6.08 Å². The minimum atomic E-state index is 0.979. The normalized spacial score (nSPS) is 12.6. The van der Waals surface area contributed by atoms with Crippen LogP contribution in [0.2, 0.25) is 0 Å². The van der Waals surface area contributed by atoms with Crippen LogP contribution in [0, 0.1) is 12.3 Å². The molecule has 11 heavy (non-hydrogen) atoms. The third-order valence-corrected chi connectivity index (χ3v) is 1.94. The van der Waals surface area contributed by atoms with E-state index in [9.17, 15) is 0 Å². The van der Waals surface area contributed by atoms with E-state index in [4.69, 9.17) is 6.42 Å². The van der Waals surface area contributed by atoms with Crippen molar-refractivity contribution in [3.05, 3.63) is 41.0 Å². The third kappa shape index (κ3) is 0.951. The van der Waals surface area contributed by atoms with Gasteiger partial charge in [0.05, 0.1) is 0 Å². The second kappa shape index (κ2) is 2.29. The van der Waals surface area contributed by atoms with Gasteiger partial charge in [-0.25, -0.2) is 0 Å². The molecule has 0 spiro atoms. The van der Waals surface area contributed by atoms with Crippen LogP contribution in [0.5, 0.6) is 0 Å². The summed E-state index contributed by atoms with van der Waals surface area (Å²) in [5.41, 5.74) is 3.64. The molecule has 1 aromatic rings. The minimum absolute atomic E-state index is 0.979. The van der Waals surface area contributed by atoms with E-state index in [1.54, 1.807) is 0 Å². The molecular formula is C11H8. The first-order chi connectivity index (χ1) is 5.40. The molecule has 0 unspecified atom stereocenters. The average molecular weight is 140 g/mol. The summed E-state index contributed by atoms with van der Waals surface area (Å²) in [7, 11) is 0. The van der Waals surface area contributed by atoms with Crippen molar-refractivity contribution in [2.24, 2.45) is 0 Å². The number of hydrogen-bond donors (Lipinski definition) is 0. The van der Waals surface area contributed by atoms with Gasteiger partial charge < -0.3 is 0 Å². The number of allylic oxidation sites excluding steroid dienone is 1. The van der Waals surface area contributed by atoms with Crippen LogP contribution >= 0.6 is 0 Å². The monoisotopic (exact) mass is 140 g/mol. The molecule has 0 amide bonds. The van der Waals surface area contributed by atoms with E-state index in [0.717, 1.165) is 12.0 Å². The van der Waals surface area contributed by atoms with Gasteiger partial charge in [0.25, 0.3) is 0 Å². The number of rotatable bonds is 0. The number of fused-ring (bicyclic) bond motifs is 1. The van der Waals surface area contributed by atoms with Crippen molar-refractivity contribution in [1.82, 2.24) is 0 Å². The van der Waals surface area contributed by atoms with Gasteiger partial charge >= 0.3 is 0 Å². The lowest BCUT2D eigenvalue weighted by molar-refractivity contribution is 1.30. The number of terminal acetylenes is 1. The van der Waals surface area contributed by atoms with Crippen molar-refractivity contribution < 1.29 is 0 Å². The van der Waals surface area contributed by atoms with Crippen LogP contribution < -0.4 is 0 Å². The molecule has 0 radical (unpaired) electrons. The highest BCUT2D eigenvalue weighted by Gasteiger charge is 2.03. The summed E-state index contributed by atoms with van der Waals surface area (Å²) in [4.78, 5) is 0. The second-order valence-corrected chi connectivity index (χ2v) is 2.66. The van der Waals surface area contributed by atoms with Gasteiger partial charge in [-0.2, -0.15) is 0 Å². The predicted octanol–water partition coefficient (Wildman–Crippen LogP) is 2.24. The van der Waals surface area contributed by atoms with E-state index in [1.807, 2.05) is 6.07 Å². The molecule has 0 aromatic heterocycles. The molecule has 0 heterocycles. The summed E-state index contributed by atoms with van der Waals surface area (Å²) in [5, 5.41) is 0. The van der Waals surface area contributed by atoms with Crippen LogP contribution in [0.4, 0.5) is 0 Å². The second-order valence-electron chi connectivity index (χ2n) is 2.66. The zero-order valence-corrected chi connectivity index (χ0v) is 6.17. The molecule has 0 atom stereocenters. The smallest absolute Gasteiger partial charge is 0.0245 e. The molecule has 52 valence electrons. The van der Waals surface area contributed by atoms with Crippen molar-refractivity contribution in [1.29, 1.82) is 0 Å². The van der Waals surface area contributed by atoms with Crippen LogP contribution in [0.1, 0.15) is 16.7 Å². The Bertz CT molecular complexity index is 351. The van der Waals surface area contributed by atoms with Gasteiger partial charge in [-0.3, -0.25) is 0 Å². The molecule has 0 saturated heterocycles. The third-order valence-electron chi connectivity index (χ3n) is 1.94. The van der Waals surface area contributed by atoms with E-state index < -0.39 is 0 Å². The van der Waals surface area contributed by atoms with Gasteiger partial charge in [0.1, 0.15) is 0 Å². The molecular weight excluding hydrogens is 132 g/mol. The van der Waals surface area contributed by atoms with E-state index in [0.29, 0.717) is 0 Å². The Labute approximate surface area is 66.6 Å². The van der Waals surface area contributed by atoms with E-state index in [2.05, 4.69) is 30.2 Å². The summed E-state index contributed by atoms with van der Waals surface area (Å²) in [6, 6.07) is 6.14. The summed E-state index contributed by atoms with van der Waals surface area (Å²) in [6.45, 7) is 0. The lowest BCUT2D eigenvalue weighted by Crippen LogP contribution is -1.82. The van der Waals surface area contributed by atoms with Gasteiger partial charge in [-0.1, -0.05) is 24.1 Å².